The maximum absolute atomic E-state index is 14.0. The number of hydrogen-bond acceptors (Lipinski definition) is 4. The highest BCUT2D eigenvalue weighted by Crippen LogP contribution is 2.27. The summed E-state index contributed by atoms with van der Waals surface area (Å²) in [6.07, 6.45) is 1.26. The van der Waals surface area contributed by atoms with Crippen molar-refractivity contribution >= 4 is 39.1 Å². The van der Waals surface area contributed by atoms with Crippen LogP contribution in [0.1, 0.15) is 43.9 Å². The van der Waals surface area contributed by atoms with Gasteiger partial charge in [-0.15, -0.1) is 0 Å². The summed E-state index contributed by atoms with van der Waals surface area (Å²) in [7, 11) is -4.14. The molecule has 0 aliphatic heterocycles. The van der Waals surface area contributed by atoms with Gasteiger partial charge in [0.25, 0.3) is 10.0 Å². The van der Waals surface area contributed by atoms with Gasteiger partial charge < -0.3 is 10.2 Å². The van der Waals surface area contributed by atoms with Gasteiger partial charge in [-0.25, -0.2) is 8.42 Å². The van der Waals surface area contributed by atoms with Crippen LogP contribution in [-0.2, 0) is 26.0 Å². The Kier molecular flexibility index (Phi) is 10.8. The molecule has 0 unspecified atom stereocenters. The van der Waals surface area contributed by atoms with Crippen molar-refractivity contribution in [2.75, 3.05) is 17.4 Å². The minimum Gasteiger partial charge on any atom is -0.352 e. The number of halogens is 1. The minimum atomic E-state index is -4.14. The average Bonchev–Trinajstić information content (AvgIpc) is 2.93. The normalized spacial score (nSPS) is 12.8. The van der Waals surface area contributed by atoms with Crippen molar-refractivity contribution in [2.24, 2.45) is 0 Å². The number of hydrogen-bond donors (Lipinski definition) is 1. The summed E-state index contributed by atoms with van der Waals surface area (Å²) in [4.78, 5) is 28.5. The zero-order valence-corrected chi connectivity index (χ0v) is 25.3. The van der Waals surface area contributed by atoms with Crippen LogP contribution in [0.4, 0.5) is 5.69 Å². The fraction of sp³-hybridized carbons (Fsp3) is 0.355. The predicted octanol–water partition coefficient (Wildman–Crippen LogP) is 5.53. The van der Waals surface area contributed by atoms with Crippen molar-refractivity contribution in [3.05, 3.63) is 94.5 Å². The molecule has 9 heteroatoms. The fourth-order valence-corrected chi connectivity index (χ4v) is 5.71. The smallest absolute Gasteiger partial charge is 0.264 e. The first-order valence-corrected chi connectivity index (χ1v) is 15.2. The molecule has 0 aliphatic carbocycles. The van der Waals surface area contributed by atoms with Gasteiger partial charge in [0, 0.05) is 17.6 Å². The van der Waals surface area contributed by atoms with E-state index in [0.29, 0.717) is 17.1 Å². The highest BCUT2D eigenvalue weighted by atomic mass is 35.5. The van der Waals surface area contributed by atoms with Crippen molar-refractivity contribution in [2.45, 2.75) is 64.4 Å². The second-order valence-electron chi connectivity index (χ2n) is 10.1. The minimum absolute atomic E-state index is 0.0151. The van der Waals surface area contributed by atoms with Crippen molar-refractivity contribution in [1.82, 2.24) is 10.2 Å². The van der Waals surface area contributed by atoms with Gasteiger partial charge in [0.15, 0.2) is 0 Å². The molecule has 3 aromatic rings. The molecule has 3 aromatic carbocycles. The largest absolute Gasteiger partial charge is 0.352 e. The second-order valence-corrected chi connectivity index (χ2v) is 12.3. The molecule has 0 aliphatic rings. The average molecular weight is 584 g/mol. The Labute approximate surface area is 243 Å². The highest BCUT2D eigenvalue weighted by Gasteiger charge is 2.32. The molecular formula is C31H38ClN3O4S. The summed E-state index contributed by atoms with van der Waals surface area (Å²) < 4.78 is 28.9. The lowest BCUT2D eigenvalue weighted by Gasteiger charge is -2.32. The molecule has 3 rings (SSSR count). The monoisotopic (exact) mass is 583 g/mol. The van der Waals surface area contributed by atoms with Gasteiger partial charge in [0.05, 0.1) is 10.6 Å². The molecule has 2 amide bonds. The van der Waals surface area contributed by atoms with E-state index in [1.54, 1.807) is 19.1 Å². The number of amides is 2. The van der Waals surface area contributed by atoms with E-state index in [-0.39, 0.29) is 23.4 Å². The van der Waals surface area contributed by atoms with Crippen molar-refractivity contribution < 1.29 is 18.0 Å². The van der Waals surface area contributed by atoms with Crippen LogP contribution < -0.4 is 9.62 Å². The van der Waals surface area contributed by atoms with Gasteiger partial charge >= 0.3 is 0 Å². The summed E-state index contributed by atoms with van der Waals surface area (Å²) in [5.41, 5.74) is 3.27. The number of carbonyl (C=O) groups excluding carboxylic acids is 2. The molecular weight excluding hydrogens is 546 g/mol. The molecule has 40 heavy (non-hydrogen) atoms. The molecule has 0 radical (unpaired) electrons. The van der Waals surface area contributed by atoms with Gasteiger partial charge in [-0.1, -0.05) is 54.9 Å². The van der Waals surface area contributed by atoms with E-state index in [4.69, 9.17) is 11.6 Å². The molecule has 7 nitrogen and oxygen atoms in total. The van der Waals surface area contributed by atoms with Gasteiger partial charge in [0.1, 0.15) is 12.6 Å². The van der Waals surface area contributed by atoms with E-state index in [0.717, 1.165) is 27.4 Å². The summed E-state index contributed by atoms with van der Waals surface area (Å²) >= 11 is 6.01. The van der Waals surface area contributed by atoms with Crippen molar-refractivity contribution in [3.8, 4) is 0 Å². The lowest BCUT2D eigenvalue weighted by Crippen LogP contribution is -2.53. The van der Waals surface area contributed by atoms with Crippen molar-refractivity contribution in [3.63, 3.8) is 0 Å². The highest BCUT2D eigenvalue weighted by molar-refractivity contribution is 7.92. The first-order chi connectivity index (χ1) is 18.9. The topological polar surface area (TPSA) is 86.8 Å². The van der Waals surface area contributed by atoms with E-state index in [9.17, 15) is 18.0 Å². The lowest BCUT2D eigenvalue weighted by molar-refractivity contribution is -0.139. The molecule has 0 saturated carbocycles. The number of nitrogens with zero attached hydrogens (tertiary/aromatic N) is 2. The number of carbonyl (C=O) groups is 2. The Hall–Kier alpha value is -3.36. The predicted molar refractivity (Wildman–Crippen MR) is 161 cm³/mol. The van der Waals surface area contributed by atoms with E-state index in [2.05, 4.69) is 5.32 Å². The van der Waals surface area contributed by atoms with E-state index in [1.807, 2.05) is 64.1 Å². The summed E-state index contributed by atoms with van der Waals surface area (Å²) in [5.74, 6) is -0.757. The summed E-state index contributed by atoms with van der Waals surface area (Å²) in [5, 5.41) is 3.35. The van der Waals surface area contributed by atoms with Gasteiger partial charge in [-0.3, -0.25) is 13.9 Å². The van der Waals surface area contributed by atoms with Crippen LogP contribution in [0.5, 0.6) is 0 Å². The third-order valence-electron chi connectivity index (χ3n) is 7.11. The molecule has 2 atom stereocenters. The molecule has 0 saturated heterocycles. The van der Waals surface area contributed by atoms with E-state index in [1.165, 1.54) is 29.2 Å². The molecule has 0 bridgehead atoms. The van der Waals surface area contributed by atoms with Gasteiger partial charge in [-0.05, 0) is 93.6 Å². The number of sulfonamides is 1. The first-order valence-electron chi connectivity index (χ1n) is 13.4. The Morgan fingerprint density at radius 1 is 0.925 bits per heavy atom. The van der Waals surface area contributed by atoms with Gasteiger partial charge in [0.2, 0.25) is 11.8 Å². The van der Waals surface area contributed by atoms with Crippen LogP contribution >= 0.6 is 11.6 Å². The van der Waals surface area contributed by atoms with E-state index < -0.39 is 28.5 Å². The zero-order valence-electron chi connectivity index (χ0n) is 23.7. The van der Waals surface area contributed by atoms with Crippen LogP contribution in [0.15, 0.2) is 77.7 Å². The maximum Gasteiger partial charge on any atom is 0.264 e. The molecule has 1 N–H and O–H groups in total. The molecule has 0 fully saturated rings. The number of nitrogens with one attached hydrogen (secondary N) is 1. The third kappa shape index (κ3) is 7.86. The fourth-order valence-electron chi connectivity index (χ4n) is 4.18. The quantitative estimate of drug-likeness (QED) is 0.304. The summed E-state index contributed by atoms with van der Waals surface area (Å²) in [6.45, 7) is 9.15. The maximum atomic E-state index is 14.0. The van der Waals surface area contributed by atoms with Crippen LogP contribution in [0.3, 0.4) is 0 Å². The number of benzene rings is 3. The number of rotatable bonds is 12. The molecule has 0 aromatic heterocycles. The molecule has 214 valence electrons. The van der Waals surface area contributed by atoms with Crippen molar-refractivity contribution in [1.29, 1.82) is 0 Å². The third-order valence-corrected chi connectivity index (χ3v) is 9.15. The van der Waals surface area contributed by atoms with Crippen LogP contribution in [0.25, 0.3) is 0 Å². The second kappa shape index (κ2) is 13.8. The Morgan fingerprint density at radius 3 is 2.17 bits per heavy atom. The number of aryl methyl sites for hydroxylation is 2. The van der Waals surface area contributed by atoms with Crippen LogP contribution in [-0.4, -0.2) is 50.3 Å². The zero-order chi connectivity index (χ0) is 29.4. The Balaban J connectivity index is 2.00. The molecule has 0 spiro atoms. The van der Waals surface area contributed by atoms with Gasteiger partial charge in [-0.2, -0.15) is 0 Å². The molecule has 0 heterocycles. The first kappa shape index (κ1) is 31.2. The SMILES string of the molecule is CC[C@H](C)NC(=O)[C@H](C)N(CCc1ccccc1)C(=O)CN(c1ccc(C)c(C)c1)S(=O)(=O)c1ccc(Cl)cc1. The summed E-state index contributed by atoms with van der Waals surface area (Å²) in [6, 6.07) is 19.9. The lowest BCUT2D eigenvalue weighted by atomic mass is 10.1. The standard InChI is InChI=1S/C31H38ClN3O4S/c1-6-24(4)33-31(37)25(5)34(19-18-26-10-8-7-9-11-26)30(36)21-35(28-15-12-22(2)23(3)20-28)40(38,39)29-16-13-27(32)14-17-29/h7-17,20,24-25H,6,18-19,21H2,1-5H3,(H,33,37)/t24-,25-/m0/s1. The Bertz CT molecular complexity index is 1410. The Morgan fingerprint density at radius 2 is 1.57 bits per heavy atom. The van der Waals surface area contributed by atoms with Crippen LogP contribution in [0.2, 0.25) is 5.02 Å². The number of anilines is 1. The van der Waals surface area contributed by atoms with E-state index >= 15 is 0 Å². The van der Waals surface area contributed by atoms with Crippen LogP contribution in [0, 0.1) is 13.8 Å².